The van der Waals surface area contributed by atoms with Crippen LogP contribution in [0.3, 0.4) is 0 Å². The second kappa shape index (κ2) is 9.75. The summed E-state index contributed by atoms with van der Waals surface area (Å²) >= 11 is 4.13. The highest BCUT2D eigenvalue weighted by Gasteiger charge is 1.99. The number of aromatic nitrogens is 1. The van der Waals surface area contributed by atoms with E-state index in [1.54, 1.807) is 6.20 Å². The fourth-order valence-electron chi connectivity index (χ4n) is 1.21. The molecule has 0 saturated heterocycles. The van der Waals surface area contributed by atoms with Crippen LogP contribution in [0.1, 0.15) is 19.3 Å². The molecular formula is C11H19ClN2OS. The Bertz CT molecular complexity index is 261. The molecule has 0 saturated carbocycles. The predicted octanol–water partition coefficient (Wildman–Crippen LogP) is 2.31. The van der Waals surface area contributed by atoms with Crippen LogP contribution in [0.25, 0.3) is 0 Å². The number of nitrogens with zero attached hydrogens (tertiary/aromatic N) is 1. The number of hydrogen-bond acceptors (Lipinski definition) is 4. The number of pyridine rings is 1. The zero-order valence-corrected chi connectivity index (χ0v) is 10.9. The highest BCUT2D eigenvalue weighted by atomic mass is 35.5. The molecule has 0 aliphatic carbocycles. The van der Waals surface area contributed by atoms with E-state index in [0.717, 1.165) is 25.0 Å². The summed E-state index contributed by atoms with van der Waals surface area (Å²) in [4.78, 5) is 4.07. The van der Waals surface area contributed by atoms with Crippen LogP contribution >= 0.6 is 25.0 Å². The maximum atomic E-state index is 5.74. The van der Waals surface area contributed by atoms with Crippen molar-refractivity contribution in [3.05, 3.63) is 24.4 Å². The van der Waals surface area contributed by atoms with Crippen molar-refractivity contribution in [3.8, 4) is 5.88 Å². The monoisotopic (exact) mass is 262 g/mol. The maximum Gasteiger partial charge on any atom is 0.213 e. The van der Waals surface area contributed by atoms with E-state index >= 15 is 0 Å². The minimum atomic E-state index is 0. The number of nitrogens with two attached hydrogens (primary N) is 1. The molecule has 0 aliphatic rings. The lowest BCUT2D eigenvalue weighted by atomic mass is 10.1. The van der Waals surface area contributed by atoms with E-state index in [0.29, 0.717) is 12.5 Å². The zero-order valence-electron chi connectivity index (χ0n) is 9.21. The molecule has 1 rings (SSSR count). The van der Waals surface area contributed by atoms with Gasteiger partial charge in [0, 0.05) is 24.1 Å². The summed E-state index contributed by atoms with van der Waals surface area (Å²) in [6.45, 7) is 0.705. The summed E-state index contributed by atoms with van der Waals surface area (Å²) < 4.78 is 5.45. The lowest BCUT2D eigenvalue weighted by Gasteiger charge is -2.08. The minimum Gasteiger partial charge on any atom is -0.478 e. The second-order valence-electron chi connectivity index (χ2n) is 3.45. The first-order valence-electron chi connectivity index (χ1n) is 5.23. The van der Waals surface area contributed by atoms with Gasteiger partial charge in [0.1, 0.15) is 0 Å². The van der Waals surface area contributed by atoms with Gasteiger partial charge in [0.2, 0.25) is 5.88 Å². The van der Waals surface area contributed by atoms with Gasteiger partial charge in [-0.05, 0) is 25.3 Å². The topological polar surface area (TPSA) is 48.1 Å². The van der Waals surface area contributed by atoms with Crippen molar-refractivity contribution in [2.24, 2.45) is 5.73 Å². The Hall–Kier alpha value is -0.450. The van der Waals surface area contributed by atoms with Crippen LogP contribution in [0, 0.1) is 0 Å². The molecular weight excluding hydrogens is 244 g/mol. The van der Waals surface area contributed by atoms with E-state index in [9.17, 15) is 0 Å². The minimum absolute atomic E-state index is 0. The molecule has 0 unspecified atom stereocenters. The van der Waals surface area contributed by atoms with Crippen LogP contribution in [-0.4, -0.2) is 23.4 Å². The fourth-order valence-corrected chi connectivity index (χ4v) is 1.39. The lowest BCUT2D eigenvalue weighted by Crippen LogP contribution is -2.21. The van der Waals surface area contributed by atoms with E-state index in [1.807, 2.05) is 18.2 Å². The van der Waals surface area contributed by atoms with Crippen molar-refractivity contribution >= 4 is 25.0 Å². The molecule has 0 spiro atoms. The third-order valence-corrected chi connectivity index (χ3v) is 2.56. The maximum absolute atomic E-state index is 5.74. The van der Waals surface area contributed by atoms with Crippen LogP contribution in [0.15, 0.2) is 24.4 Å². The van der Waals surface area contributed by atoms with Gasteiger partial charge in [-0.25, -0.2) is 4.98 Å². The first-order chi connectivity index (χ1) is 7.33. The first kappa shape index (κ1) is 15.6. The molecule has 1 aromatic rings. The molecule has 5 heteroatoms. The average Bonchev–Trinajstić information content (AvgIpc) is 2.29. The van der Waals surface area contributed by atoms with Crippen molar-refractivity contribution in [1.29, 1.82) is 0 Å². The molecule has 1 heterocycles. The molecule has 3 nitrogen and oxygen atoms in total. The summed E-state index contributed by atoms with van der Waals surface area (Å²) in [6.07, 6.45) is 4.83. The van der Waals surface area contributed by atoms with Crippen LogP contribution < -0.4 is 10.5 Å². The van der Waals surface area contributed by atoms with Gasteiger partial charge in [0.15, 0.2) is 0 Å². The zero-order chi connectivity index (χ0) is 10.9. The standard InChI is InChI=1S/C11H18N2OS.ClH/c12-10(9-15)5-2-4-8-14-11-6-1-3-7-13-11;/h1,3,6-7,10,15H,2,4-5,8-9,12H2;1H/t10-;/m1./s1. The van der Waals surface area contributed by atoms with Gasteiger partial charge in [0.05, 0.1) is 6.61 Å². The van der Waals surface area contributed by atoms with Crippen molar-refractivity contribution in [2.45, 2.75) is 25.3 Å². The van der Waals surface area contributed by atoms with Crippen LogP contribution in [0.4, 0.5) is 0 Å². The smallest absolute Gasteiger partial charge is 0.213 e. The van der Waals surface area contributed by atoms with Gasteiger partial charge < -0.3 is 10.5 Å². The van der Waals surface area contributed by atoms with Gasteiger partial charge in [-0.15, -0.1) is 12.4 Å². The average molecular weight is 263 g/mol. The largest absolute Gasteiger partial charge is 0.478 e. The van der Waals surface area contributed by atoms with E-state index in [4.69, 9.17) is 10.5 Å². The number of rotatable bonds is 7. The fraction of sp³-hybridized carbons (Fsp3) is 0.545. The Labute approximate surface area is 109 Å². The van der Waals surface area contributed by atoms with Crippen molar-refractivity contribution in [1.82, 2.24) is 4.98 Å². The predicted molar refractivity (Wildman–Crippen MR) is 72.7 cm³/mol. The Morgan fingerprint density at radius 2 is 2.19 bits per heavy atom. The molecule has 2 N–H and O–H groups in total. The SMILES string of the molecule is Cl.N[C@@H](CS)CCCCOc1ccccn1. The molecule has 92 valence electrons. The van der Waals surface area contributed by atoms with Crippen molar-refractivity contribution in [2.75, 3.05) is 12.4 Å². The molecule has 1 atom stereocenters. The normalized spacial score (nSPS) is 11.6. The summed E-state index contributed by atoms with van der Waals surface area (Å²) in [5, 5.41) is 0. The summed E-state index contributed by atoms with van der Waals surface area (Å²) in [7, 11) is 0. The number of thiol groups is 1. The highest BCUT2D eigenvalue weighted by Crippen LogP contribution is 2.05. The summed E-state index contributed by atoms with van der Waals surface area (Å²) in [5.74, 6) is 1.44. The van der Waals surface area contributed by atoms with Crippen molar-refractivity contribution < 1.29 is 4.74 Å². The molecule has 0 fully saturated rings. The van der Waals surface area contributed by atoms with Crippen LogP contribution in [-0.2, 0) is 0 Å². The molecule has 0 aromatic carbocycles. The third-order valence-electron chi connectivity index (χ3n) is 2.09. The van der Waals surface area contributed by atoms with Gasteiger partial charge in [-0.2, -0.15) is 12.6 Å². The van der Waals surface area contributed by atoms with E-state index in [1.165, 1.54) is 0 Å². The number of ether oxygens (including phenoxy) is 1. The van der Waals surface area contributed by atoms with Gasteiger partial charge in [-0.1, -0.05) is 6.07 Å². The molecule has 1 aromatic heterocycles. The van der Waals surface area contributed by atoms with Crippen LogP contribution in [0.5, 0.6) is 5.88 Å². The number of halogens is 1. The Morgan fingerprint density at radius 1 is 1.38 bits per heavy atom. The molecule has 0 aliphatic heterocycles. The molecule has 0 radical (unpaired) electrons. The first-order valence-corrected chi connectivity index (χ1v) is 5.86. The van der Waals surface area contributed by atoms with Gasteiger partial charge in [-0.3, -0.25) is 0 Å². The quantitative estimate of drug-likeness (QED) is 0.586. The van der Waals surface area contributed by atoms with Crippen LogP contribution in [0.2, 0.25) is 0 Å². The van der Waals surface area contributed by atoms with E-state index in [-0.39, 0.29) is 18.4 Å². The van der Waals surface area contributed by atoms with Gasteiger partial charge >= 0.3 is 0 Å². The highest BCUT2D eigenvalue weighted by molar-refractivity contribution is 7.80. The third kappa shape index (κ3) is 6.93. The number of unbranched alkanes of at least 4 members (excludes halogenated alkanes) is 1. The van der Waals surface area contributed by atoms with E-state index < -0.39 is 0 Å². The molecule has 0 bridgehead atoms. The second-order valence-corrected chi connectivity index (χ2v) is 3.82. The Morgan fingerprint density at radius 3 is 2.81 bits per heavy atom. The van der Waals surface area contributed by atoms with Crippen molar-refractivity contribution in [3.63, 3.8) is 0 Å². The molecule has 16 heavy (non-hydrogen) atoms. The Kier molecular flexibility index (Phi) is 9.48. The summed E-state index contributed by atoms with van der Waals surface area (Å²) in [6, 6.07) is 5.86. The molecule has 0 amide bonds. The lowest BCUT2D eigenvalue weighted by molar-refractivity contribution is 0.293. The number of hydrogen-bond donors (Lipinski definition) is 2. The Balaban J connectivity index is 0.00000225. The van der Waals surface area contributed by atoms with E-state index in [2.05, 4.69) is 17.6 Å². The summed E-state index contributed by atoms with van der Waals surface area (Å²) in [5.41, 5.74) is 5.74. The van der Waals surface area contributed by atoms with Gasteiger partial charge in [0.25, 0.3) is 0 Å².